The molecule has 1 aromatic heterocycles. The molecule has 36 heavy (non-hydrogen) atoms. The summed E-state index contributed by atoms with van der Waals surface area (Å²) in [5.41, 5.74) is 2.58. The van der Waals surface area contributed by atoms with Gasteiger partial charge in [-0.05, 0) is 80.7 Å². The van der Waals surface area contributed by atoms with E-state index in [9.17, 15) is 15.2 Å². The lowest BCUT2D eigenvalue weighted by molar-refractivity contribution is 0.122. The molecule has 2 amide bonds. The van der Waals surface area contributed by atoms with Crippen molar-refractivity contribution in [2.45, 2.75) is 57.0 Å². The first-order valence-corrected chi connectivity index (χ1v) is 13.3. The van der Waals surface area contributed by atoms with Crippen molar-refractivity contribution < 1.29 is 9.90 Å². The number of nitrogens with one attached hydrogen (secondary N) is 1. The van der Waals surface area contributed by atoms with Crippen LogP contribution in [0.4, 0.5) is 10.5 Å². The average Bonchev–Trinajstić information content (AvgIpc) is 3.58. The number of carbonyl (C=O) groups is 1. The molecule has 192 valence electrons. The molecule has 1 unspecified atom stereocenters. The number of aliphatic hydroxyl groups is 1. The number of urea groups is 1. The van der Waals surface area contributed by atoms with Gasteiger partial charge in [0.2, 0.25) is 0 Å². The maximum Gasteiger partial charge on any atom is 0.322 e. The number of fused-ring (bicyclic) bond motifs is 1. The lowest BCUT2D eigenvalue weighted by Gasteiger charge is -2.38. The Hall–Kier alpha value is -2.37. The summed E-state index contributed by atoms with van der Waals surface area (Å²) in [5.74, 6) is 0.490. The van der Waals surface area contributed by atoms with Gasteiger partial charge in [0.15, 0.2) is 0 Å². The molecule has 0 spiro atoms. The number of aromatic nitrogens is 1. The Kier molecular flexibility index (Phi) is 8.41. The molecule has 0 saturated heterocycles. The van der Waals surface area contributed by atoms with Crippen LogP contribution in [0.15, 0.2) is 36.4 Å². The molecule has 2 aliphatic rings. The molecule has 3 atom stereocenters. The van der Waals surface area contributed by atoms with Crippen LogP contribution >= 0.6 is 23.2 Å². The number of hydrogen-bond donors (Lipinski definition) is 2. The molecule has 1 heterocycles. The van der Waals surface area contributed by atoms with Gasteiger partial charge in [0.25, 0.3) is 0 Å². The number of pyridine rings is 1. The second-order valence-corrected chi connectivity index (χ2v) is 10.9. The third-order valence-corrected chi connectivity index (χ3v) is 8.13. The molecule has 4 rings (SSSR count). The largest absolute Gasteiger partial charge is 0.395 e. The lowest BCUT2D eigenvalue weighted by Crippen LogP contribution is -2.49. The first kappa shape index (κ1) is 26.7. The van der Waals surface area contributed by atoms with Gasteiger partial charge in [0.1, 0.15) is 10.3 Å². The predicted molar refractivity (Wildman–Crippen MR) is 142 cm³/mol. The molecule has 2 aromatic rings. The van der Waals surface area contributed by atoms with Gasteiger partial charge in [-0.25, -0.2) is 9.78 Å². The van der Waals surface area contributed by atoms with Crippen molar-refractivity contribution in [1.29, 1.82) is 5.26 Å². The van der Waals surface area contributed by atoms with Crippen LogP contribution in [-0.2, 0) is 5.41 Å². The molecule has 7 nitrogen and oxygen atoms in total. The van der Waals surface area contributed by atoms with E-state index >= 15 is 0 Å². The van der Waals surface area contributed by atoms with Gasteiger partial charge in [-0.2, -0.15) is 5.26 Å². The van der Waals surface area contributed by atoms with Gasteiger partial charge in [-0.1, -0.05) is 35.3 Å². The molecular weight excluding hydrogens is 497 g/mol. The summed E-state index contributed by atoms with van der Waals surface area (Å²) in [6.07, 6.45) is 3.88. The number of nitriles is 1. The second-order valence-electron chi connectivity index (χ2n) is 10.2. The number of aliphatic hydroxyl groups excluding tert-OH is 1. The monoisotopic (exact) mass is 529 g/mol. The van der Waals surface area contributed by atoms with E-state index in [4.69, 9.17) is 23.2 Å². The summed E-state index contributed by atoms with van der Waals surface area (Å²) in [6, 6.07) is 13.6. The van der Waals surface area contributed by atoms with Crippen LogP contribution in [-0.4, -0.2) is 64.2 Å². The Labute approximate surface area is 223 Å². The van der Waals surface area contributed by atoms with E-state index in [1.165, 1.54) is 5.56 Å². The second kappa shape index (κ2) is 11.4. The molecule has 2 N–H and O–H groups in total. The first-order valence-electron chi connectivity index (χ1n) is 12.5. The third-order valence-electron chi connectivity index (χ3n) is 7.74. The third kappa shape index (κ3) is 5.95. The number of nitrogens with zero attached hydrogens (tertiary/aromatic N) is 4. The molecule has 0 aliphatic heterocycles. The number of rotatable bonds is 9. The summed E-state index contributed by atoms with van der Waals surface area (Å²) in [6.45, 7) is 6.04. The van der Waals surface area contributed by atoms with Gasteiger partial charge in [-0.15, -0.1) is 0 Å². The molecule has 2 saturated carbocycles. The minimum absolute atomic E-state index is 0.0776. The van der Waals surface area contributed by atoms with E-state index in [0.29, 0.717) is 36.8 Å². The number of hydrogen-bond acceptors (Lipinski definition) is 5. The average molecular weight is 531 g/mol. The van der Waals surface area contributed by atoms with Gasteiger partial charge >= 0.3 is 6.03 Å². The van der Waals surface area contributed by atoms with E-state index in [1.807, 2.05) is 23.1 Å². The number of halogens is 2. The molecule has 2 aliphatic carbocycles. The normalized spacial score (nSPS) is 22.7. The maximum atomic E-state index is 13.5. The molecular formula is C27H33Cl2N5O2. The number of benzene rings is 1. The molecule has 9 heteroatoms. The topological polar surface area (TPSA) is 92.5 Å². The highest BCUT2D eigenvalue weighted by molar-refractivity contribution is 6.32. The fourth-order valence-corrected chi connectivity index (χ4v) is 6.18. The van der Waals surface area contributed by atoms with Crippen LogP contribution in [0.1, 0.15) is 50.7 Å². The van der Waals surface area contributed by atoms with Gasteiger partial charge < -0.3 is 15.3 Å². The van der Waals surface area contributed by atoms with E-state index in [2.05, 4.69) is 41.2 Å². The fourth-order valence-electron chi connectivity index (χ4n) is 5.72. The van der Waals surface area contributed by atoms with Crippen molar-refractivity contribution in [2.24, 2.45) is 5.92 Å². The van der Waals surface area contributed by atoms with E-state index in [-0.39, 0.29) is 40.4 Å². The van der Waals surface area contributed by atoms with Crippen molar-refractivity contribution >= 4 is 34.9 Å². The lowest BCUT2D eigenvalue weighted by atomic mass is 9.80. The molecule has 1 aromatic carbocycles. The SMILES string of the molecule is CC(C)N(CCO)CCN(C(=O)Nc1cc(Cl)nc(Cl)c1)[C@@H]1CC[C@@]2(c3cccc(C#N)c3)CC2C1. The standard InChI is InChI=1S/C27H33Cl2N5O2/c1-18(2)33(10-11-35)8-9-34(26(36)31-22-14-24(28)32-25(29)15-22)23-6-7-27(16-21(27)13-23)20-5-3-4-19(12-20)17-30/h3-5,12,14-15,18,21,23,35H,6-11,13,16H2,1-2H3,(H,31,32,36)/t21?,23-,27+/m1/s1. The quantitative estimate of drug-likeness (QED) is 0.429. The summed E-state index contributed by atoms with van der Waals surface area (Å²) in [7, 11) is 0. The van der Waals surface area contributed by atoms with E-state index in [1.54, 1.807) is 12.1 Å². The molecule has 0 bridgehead atoms. The van der Waals surface area contributed by atoms with Gasteiger partial charge in [0.05, 0.1) is 18.2 Å². The predicted octanol–water partition coefficient (Wildman–Crippen LogP) is 5.31. The van der Waals surface area contributed by atoms with Crippen LogP contribution in [0.5, 0.6) is 0 Å². The highest BCUT2D eigenvalue weighted by Crippen LogP contribution is 2.62. The Morgan fingerprint density at radius 2 is 2.00 bits per heavy atom. The zero-order valence-electron chi connectivity index (χ0n) is 20.8. The van der Waals surface area contributed by atoms with Crippen molar-refractivity contribution in [3.63, 3.8) is 0 Å². The van der Waals surface area contributed by atoms with Gasteiger partial charge in [-0.3, -0.25) is 4.90 Å². The highest BCUT2D eigenvalue weighted by Gasteiger charge is 2.58. The smallest absolute Gasteiger partial charge is 0.322 e. The Morgan fingerprint density at radius 3 is 2.64 bits per heavy atom. The Balaban J connectivity index is 1.50. The summed E-state index contributed by atoms with van der Waals surface area (Å²) >= 11 is 12.1. The van der Waals surface area contributed by atoms with Crippen LogP contribution in [0.2, 0.25) is 10.3 Å². The van der Waals surface area contributed by atoms with Crippen molar-refractivity contribution in [3.8, 4) is 6.07 Å². The molecule has 2 fully saturated rings. The first-order chi connectivity index (χ1) is 17.3. The minimum atomic E-state index is -0.189. The van der Waals surface area contributed by atoms with Crippen LogP contribution in [0.3, 0.4) is 0 Å². The zero-order chi connectivity index (χ0) is 25.9. The minimum Gasteiger partial charge on any atom is -0.395 e. The number of amides is 2. The van der Waals surface area contributed by atoms with Crippen LogP contribution in [0, 0.1) is 17.2 Å². The van der Waals surface area contributed by atoms with Crippen LogP contribution < -0.4 is 5.32 Å². The number of carbonyl (C=O) groups excluding carboxylic acids is 1. The van der Waals surface area contributed by atoms with Crippen molar-refractivity contribution in [1.82, 2.24) is 14.8 Å². The van der Waals surface area contributed by atoms with E-state index in [0.717, 1.165) is 25.7 Å². The van der Waals surface area contributed by atoms with E-state index < -0.39 is 0 Å². The van der Waals surface area contributed by atoms with Crippen molar-refractivity contribution in [2.75, 3.05) is 31.6 Å². The summed E-state index contributed by atoms with van der Waals surface area (Å²) in [5, 5.41) is 22.2. The molecule has 0 radical (unpaired) electrons. The van der Waals surface area contributed by atoms with Crippen molar-refractivity contribution in [3.05, 3.63) is 57.8 Å². The van der Waals surface area contributed by atoms with Gasteiger partial charge in [0, 0.05) is 37.4 Å². The maximum absolute atomic E-state index is 13.5. The van der Waals surface area contributed by atoms with Crippen LogP contribution in [0.25, 0.3) is 0 Å². The Morgan fingerprint density at radius 1 is 1.25 bits per heavy atom. The summed E-state index contributed by atoms with van der Waals surface area (Å²) < 4.78 is 0. The fraction of sp³-hybridized carbons (Fsp3) is 0.519. The number of anilines is 1. The zero-order valence-corrected chi connectivity index (χ0v) is 22.3. The summed E-state index contributed by atoms with van der Waals surface area (Å²) in [4.78, 5) is 21.6. The Bertz CT molecular complexity index is 1120. The highest BCUT2D eigenvalue weighted by atomic mass is 35.5.